The van der Waals surface area contributed by atoms with Crippen LogP contribution in [0.5, 0.6) is 0 Å². The molecule has 94 valence electrons. The Bertz CT molecular complexity index is 523. The Labute approximate surface area is 111 Å². The molecular formula is C14H17N3S. The predicted molar refractivity (Wildman–Crippen MR) is 78.1 cm³/mol. The first-order valence-corrected chi connectivity index (χ1v) is 7.54. The van der Waals surface area contributed by atoms with Crippen molar-refractivity contribution in [3.63, 3.8) is 0 Å². The van der Waals surface area contributed by atoms with Crippen LogP contribution in [0.1, 0.15) is 19.3 Å². The molecule has 1 aliphatic heterocycles. The van der Waals surface area contributed by atoms with E-state index in [4.69, 9.17) is 0 Å². The van der Waals surface area contributed by atoms with E-state index >= 15 is 0 Å². The lowest BCUT2D eigenvalue weighted by Gasteiger charge is -2.21. The van der Waals surface area contributed by atoms with Crippen molar-refractivity contribution in [3.8, 4) is 0 Å². The summed E-state index contributed by atoms with van der Waals surface area (Å²) >= 11 is 2.07. The molecule has 2 heterocycles. The van der Waals surface area contributed by atoms with Crippen molar-refractivity contribution in [2.45, 2.75) is 24.5 Å². The second-order valence-electron chi connectivity index (χ2n) is 4.62. The van der Waals surface area contributed by atoms with Crippen molar-refractivity contribution in [1.82, 2.24) is 9.97 Å². The van der Waals surface area contributed by atoms with Crippen LogP contribution in [0.25, 0.3) is 10.9 Å². The van der Waals surface area contributed by atoms with Gasteiger partial charge in [-0.25, -0.2) is 9.97 Å². The summed E-state index contributed by atoms with van der Waals surface area (Å²) in [5.74, 6) is 2.05. The van der Waals surface area contributed by atoms with Crippen molar-refractivity contribution < 1.29 is 0 Å². The number of aromatic nitrogens is 2. The van der Waals surface area contributed by atoms with Gasteiger partial charge < -0.3 is 5.32 Å². The fourth-order valence-corrected chi connectivity index (χ4v) is 3.47. The van der Waals surface area contributed by atoms with E-state index in [0.717, 1.165) is 23.4 Å². The number of hydrogen-bond acceptors (Lipinski definition) is 4. The highest BCUT2D eigenvalue weighted by molar-refractivity contribution is 7.99. The molecule has 0 saturated carbocycles. The van der Waals surface area contributed by atoms with Crippen LogP contribution in [0.15, 0.2) is 30.5 Å². The van der Waals surface area contributed by atoms with Crippen molar-refractivity contribution >= 4 is 28.6 Å². The van der Waals surface area contributed by atoms with E-state index in [0.29, 0.717) is 5.25 Å². The molecule has 4 heteroatoms. The molecule has 3 rings (SSSR count). The van der Waals surface area contributed by atoms with Gasteiger partial charge in [0.25, 0.3) is 0 Å². The van der Waals surface area contributed by atoms with Crippen LogP contribution in [-0.2, 0) is 0 Å². The quantitative estimate of drug-likeness (QED) is 0.917. The average molecular weight is 259 g/mol. The van der Waals surface area contributed by atoms with Gasteiger partial charge in [0.2, 0.25) is 5.95 Å². The van der Waals surface area contributed by atoms with Crippen molar-refractivity contribution in [2.75, 3.05) is 17.6 Å². The third-order valence-electron chi connectivity index (χ3n) is 3.25. The first-order chi connectivity index (χ1) is 8.92. The number of thioether (sulfide) groups is 1. The summed E-state index contributed by atoms with van der Waals surface area (Å²) in [5.41, 5.74) is 1.01. The lowest BCUT2D eigenvalue weighted by atomic mass is 10.2. The van der Waals surface area contributed by atoms with E-state index < -0.39 is 0 Å². The number of benzene rings is 1. The maximum atomic E-state index is 4.53. The Morgan fingerprint density at radius 3 is 3.11 bits per heavy atom. The second kappa shape index (κ2) is 5.57. The Morgan fingerprint density at radius 2 is 2.22 bits per heavy atom. The van der Waals surface area contributed by atoms with Gasteiger partial charge in [0, 0.05) is 23.4 Å². The van der Waals surface area contributed by atoms with Crippen LogP contribution < -0.4 is 5.32 Å². The molecule has 0 amide bonds. The molecule has 1 unspecified atom stereocenters. The third kappa shape index (κ3) is 2.75. The van der Waals surface area contributed by atoms with Gasteiger partial charge in [0.1, 0.15) is 0 Å². The largest absolute Gasteiger partial charge is 0.353 e. The standard InChI is InChI=1S/C14H17N3S/c1-2-7-13-11(5-1)9-15-14(17-13)16-10-12-6-3-4-8-18-12/h1-2,5,7,9,12H,3-4,6,8,10H2,(H,15,16,17). The summed E-state index contributed by atoms with van der Waals surface area (Å²) in [6.45, 7) is 0.975. The summed E-state index contributed by atoms with van der Waals surface area (Å²) in [5, 5.41) is 5.17. The zero-order valence-corrected chi connectivity index (χ0v) is 11.1. The van der Waals surface area contributed by atoms with Crippen LogP contribution in [0.3, 0.4) is 0 Å². The Kier molecular flexibility index (Phi) is 3.64. The molecule has 0 spiro atoms. The molecule has 1 atom stereocenters. The SMILES string of the molecule is c1ccc2nc(NCC3CCCCS3)ncc2c1. The minimum absolute atomic E-state index is 0.717. The molecule has 1 aliphatic rings. The van der Waals surface area contributed by atoms with E-state index in [1.165, 1.54) is 25.0 Å². The molecule has 0 radical (unpaired) electrons. The molecule has 1 N–H and O–H groups in total. The molecular weight excluding hydrogens is 242 g/mol. The highest BCUT2D eigenvalue weighted by Gasteiger charge is 2.13. The zero-order valence-electron chi connectivity index (χ0n) is 10.3. The topological polar surface area (TPSA) is 37.8 Å². The minimum atomic E-state index is 0.717. The van der Waals surface area contributed by atoms with Gasteiger partial charge in [0.15, 0.2) is 0 Å². The number of nitrogens with one attached hydrogen (secondary N) is 1. The van der Waals surface area contributed by atoms with Gasteiger partial charge in [-0.1, -0.05) is 24.6 Å². The lowest BCUT2D eigenvalue weighted by molar-refractivity contribution is 0.676. The van der Waals surface area contributed by atoms with Gasteiger partial charge in [-0.2, -0.15) is 11.8 Å². The van der Waals surface area contributed by atoms with Gasteiger partial charge >= 0.3 is 0 Å². The number of para-hydroxylation sites is 1. The zero-order chi connectivity index (χ0) is 12.2. The van der Waals surface area contributed by atoms with Crippen molar-refractivity contribution in [2.24, 2.45) is 0 Å². The summed E-state index contributed by atoms with van der Waals surface area (Å²) < 4.78 is 0. The van der Waals surface area contributed by atoms with E-state index in [1.807, 2.05) is 30.5 Å². The Balaban J connectivity index is 1.66. The molecule has 0 bridgehead atoms. The van der Waals surface area contributed by atoms with Gasteiger partial charge in [-0.15, -0.1) is 0 Å². The van der Waals surface area contributed by atoms with Crippen LogP contribution in [0.4, 0.5) is 5.95 Å². The van der Waals surface area contributed by atoms with E-state index in [-0.39, 0.29) is 0 Å². The molecule has 1 aromatic heterocycles. The molecule has 3 nitrogen and oxygen atoms in total. The van der Waals surface area contributed by atoms with Crippen LogP contribution >= 0.6 is 11.8 Å². The van der Waals surface area contributed by atoms with E-state index in [1.54, 1.807) is 0 Å². The maximum Gasteiger partial charge on any atom is 0.223 e. The highest BCUT2D eigenvalue weighted by Crippen LogP contribution is 2.25. The molecule has 1 aromatic carbocycles. The fourth-order valence-electron chi connectivity index (χ4n) is 2.23. The Hall–Kier alpha value is -1.29. The Morgan fingerprint density at radius 1 is 1.28 bits per heavy atom. The smallest absolute Gasteiger partial charge is 0.223 e. The first kappa shape index (κ1) is 11.8. The third-order valence-corrected chi connectivity index (χ3v) is 4.65. The van der Waals surface area contributed by atoms with Gasteiger partial charge in [0.05, 0.1) is 5.52 Å². The van der Waals surface area contributed by atoms with Crippen molar-refractivity contribution in [3.05, 3.63) is 30.5 Å². The average Bonchev–Trinajstić information content (AvgIpc) is 2.46. The first-order valence-electron chi connectivity index (χ1n) is 6.49. The molecule has 0 aliphatic carbocycles. The second-order valence-corrected chi connectivity index (χ2v) is 6.03. The number of nitrogens with zero attached hydrogens (tertiary/aromatic N) is 2. The normalized spacial score (nSPS) is 19.9. The van der Waals surface area contributed by atoms with Crippen LogP contribution in [-0.4, -0.2) is 27.5 Å². The van der Waals surface area contributed by atoms with E-state index in [9.17, 15) is 0 Å². The van der Waals surface area contributed by atoms with E-state index in [2.05, 4.69) is 27.0 Å². The predicted octanol–water partition coefficient (Wildman–Crippen LogP) is 3.33. The summed E-state index contributed by atoms with van der Waals surface area (Å²) in [7, 11) is 0. The highest BCUT2D eigenvalue weighted by atomic mass is 32.2. The molecule has 1 saturated heterocycles. The molecule has 1 fully saturated rings. The summed E-state index contributed by atoms with van der Waals surface area (Å²) in [6, 6.07) is 8.08. The molecule has 2 aromatic rings. The maximum absolute atomic E-state index is 4.53. The lowest BCUT2D eigenvalue weighted by Crippen LogP contribution is -2.20. The summed E-state index contributed by atoms with van der Waals surface area (Å²) in [4.78, 5) is 8.89. The monoisotopic (exact) mass is 259 g/mol. The van der Waals surface area contributed by atoms with Crippen LogP contribution in [0, 0.1) is 0 Å². The van der Waals surface area contributed by atoms with Gasteiger partial charge in [-0.05, 0) is 24.7 Å². The minimum Gasteiger partial charge on any atom is -0.353 e. The summed E-state index contributed by atoms with van der Waals surface area (Å²) in [6.07, 6.45) is 5.93. The van der Waals surface area contributed by atoms with Gasteiger partial charge in [-0.3, -0.25) is 0 Å². The number of fused-ring (bicyclic) bond motifs is 1. The number of hydrogen-bond donors (Lipinski definition) is 1. The number of rotatable bonds is 3. The van der Waals surface area contributed by atoms with Crippen LogP contribution in [0.2, 0.25) is 0 Å². The van der Waals surface area contributed by atoms with Crippen molar-refractivity contribution in [1.29, 1.82) is 0 Å². The molecule has 18 heavy (non-hydrogen) atoms. The fraction of sp³-hybridized carbons (Fsp3) is 0.429. The number of anilines is 1.